The standard InChI is InChI=1S/C14H15ClN2O/c15-9-13-6-1-2-7-17(13)14(18)12-5-3-4-11(8-12)10-16/h3-5,8,13H,1-2,6-7,9H2. The molecule has 1 unspecified atom stereocenters. The van der Waals surface area contributed by atoms with E-state index in [1.165, 1.54) is 0 Å². The van der Waals surface area contributed by atoms with Crippen molar-refractivity contribution in [1.82, 2.24) is 4.90 Å². The average molecular weight is 263 g/mol. The summed E-state index contributed by atoms with van der Waals surface area (Å²) in [5, 5.41) is 8.86. The zero-order chi connectivity index (χ0) is 13.0. The van der Waals surface area contributed by atoms with Gasteiger partial charge in [0.05, 0.1) is 11.6 Å². The van der Waals surface area contributed by atoms with Crippen LogP contribution in [-0.4, -0.2) is 29.3 Å². The van der Waals surface area contributed by atoms with E-state index in [-0.39, 0.29) is 11.9 Å². The van der Waals surface area contributed by atoms with Gasteiger partial charge in [0.1, 0.15) is 0 Å². The molecule has 18 heavy (non-hydrogen) atoms. The Morgan fingerprint density at radius 1 is 1.50 bits per heavy atom. The van der Waals surface area contributed by atoms with Crippen LogP contribution in [0.4, 0.5) is 0 Å². The summed E-state index contributed by atoms with van der Waals surface area (Å²) in [5.74, 6) is 0.460. The zero-order valence-corrected chi connectivity index (χ0v) is 10.9. The first-order valence-corrected chi connectivity index (χ1v) is 6.67. The Balaban J connectivity index is 2.21. The molecule has 4 heteroatoms. The normalized spacial score (nSPS) is 19.3. The second-order valence-electron chi connectivity index (χ2n) is 4.50. The number of halogens is 1. The quantitative estimate of drug-likeness (QED) is 0.770. The van der Waals surface area contributed by atoms with Gasteiger partial charge in [-0.25, -0.2) is 0 Å². The number of carbonyl (C=O) groups excluding carboxylic acids is 1. The number of piperidine rings is 1. The van der Waals surface area contributed by atoms with Gasteiger partial charge in [-0.15, -0.1) is 11.6 Å². The lowest BCUT2D eigenvalue weighted by atomic mass is 10.0. The number of hydrogen-bond acceptors (Lipinski definition) is 2. The SMILES string of the molecule is N#Cc1cccc(C(=O)N2CCCCC2CCl)c1. The topological polar surface area (TPSA) is 44.1 Å². The first-order chi connectivity index (χ1) is 8.76. The van der Waals surface area contributed by atoms with Crippen LogP contribution < -0.4 is 0 Å². The second kappa shape index (κ2) is 5.88. The molecular weight excluding hydrogens is 248 g/mol. The zero-order valence-electron chi connectivity index (χ0n) is 10.1. The van der Waals surface area contributed by atoms with E-state index in [1.54, 1.807) is 24.3 Å². The van der Waals surface area contributed by atoms with Gasteiger partial charge in [-0.2, -0.15) is 5.26 Å². The molecule has 0 radical (unpaired) electrons. The molecule has 1 amide bonds. The van der Waals surface area contributed by atoms with Crippen LogP contribution in [0.25, 0.3) is 0 Å². The highest BCUT2D eigenvalue weighted by Crippen LogP contribution is 2.21. The third-order valence-corrected chi connectivity index (χ3v) is 3.66. The van der Waals surface area contributed by atoms with Crippen LogP contribution in [0, 0.1) is 11.3 Å². The lowest BCUT2D eigenvalue weighted by molar-refractivity contribution is 0.0639. The number of carbonyl (C=O) groups is 1. The number of nitrogens with zero attached hydrogens (tertiary/aromatic N) is 2. The minimum atomic E-state index is -0.0162. The average Bonchev–Trinajstić information content (AvgIpc) is 2.46. The van der Waals surface area contributed by atoms with Gasteiger partial charge >= 0.3 is 0 Å². The number of amides is 1. The van der Waals surface area contributed by atoms with Crippen LogP contribution in [0.1, 0.15) is 35.2 Å². The van der Waals surface area contributed by atoms with E-state index < -0.39 is 0 Å². The van der Waals surface area contributed by atoms with Crippen molar-refractivity contribution in [2.75, 3.05) is 12.4 Å². The van der Waals surface area contributed by atoms with Crippen molar-refractivity contribution in [2.45, 2.75) is 25.3 Å². The molecule has 1 atom stereocenters. The summed E-state index contributed by atoms with van der Waals surface area (Å²) in [7, 11) is 0. The molecule has 1 aliphatic rings. The molecule has 1 heterocycles. The van der Waals surface area contributed by atoms with E-state index in [1.807, 2.05) is 4.90 Å². The van der Waals surface area contributed by atoms with Gasteiger partial charge in [-0.05, 0) is 37.5 Å². The van der Waals surface area contributed by atoms with Gasteiger partial charge in [0.25, 0.3) is 5.91 Å². The molecule has 0 aliphatic carbocycles. The molecule has 2 rings (SSSR count). The smallest absolute Gasteiger partial charge is 0.254 e. The first kappa shape index (κ1) is 12.9. The summed E-state index contributed by atoms with van der Waals surface area (Å²) < 4.78 is 0. The summed E-state index contributed by atoms with van der Waals surface area (Å²) in [6, 6.07) is 9.01. The third kappa shape index (κ3) is 2.65. The fourth-order valence-corrected chi connectivity index (χ4v) is 2.64. The van der Waals surface area contributed by atoms with Crippen molar-refractivity contribution >= 4 is 17.5 Å². The van der Waals surface area contributed by atoms with Crippen molar-refractivity contribution in [1.29, 1.82) is 5.26 Å². The molecule has 1 aromatic carbocycles. The molecule has 0 saturated carbocycles. The highest BCUT2D eigenvalue weighted by Gasteiger charge is 2.26. The third-order valence-electron chi connectivity index (χ3n) is 3.30. The van der Waals surface area contributed by atoms with Crippen molar-refractivity contribution in [3.63, 3.8) is 0 Å². The largest absolute Gasteiger partial charge is 0.334 e. The minimum absolute atomic E-state index is 0.0162. The summed E-state index contributed by atoms with van der Waals surface area (Å²) >= 11 is 5.92. The van der Waals surface area contributed by atoms with Gasteiger partial charge in [0.2, 0.25) is 0 Å². The Labute approximate surface area is 112 Å². The minimum Gasteiger partial charge on any atom is -0.334 e. The molecule has 1 aromatic rings. The molecule has 1 aliphatic heterocycles. The Hall–Kier alpha value is -1.53. The number of benzene rings is 1. The maximum absolute atomic E-state index is 12.4. The molecule has 0 aromatic heterocycles. The van der Waals surface area contributed by atoms with Crippen molar-refractivity contribution in [3.8, 4) is 6.07 Å². The van der Waals surface area contributed by atoms with Crippen LogP contribution in [0.5, 0.6) is 0 Å². The Bertz CT molecular complexity index is 481. The molecule has 3 nitrogen and oxygen atoms in total. The van der Waals surface area contributed by atoms with Crippen molar-refractivity contribution < 1.29 is 4.79 Å². The Kier molecular flexibility index (Phi) is 4.22. The van der Waals surface area contributed by atoms with Gasteiger partial charge in [0.15, 0.2) is 0 Å². The molecule has 1 saturated heterocycles. The molecule has 1 fully saturated rings. The van der Waals surface area contributed by atoms with Crippen LogP contribution in [-0.2, 0) is 0 Å². The van der Waals surface area contributed by atoms with E-state index >= 15 is 0 Å². The van der Waals surface area contributed by atoms with Gasteiger partial charge in [-0.3, -0.25) is 4.79 Å². The number of nitriles is 1. The molecule has 0 spiro atoms. The van der Waals surface area contributed by atoms with E-state index in [4.69, 9.17) is 16.9 Å². The second-order valence-corrected chi connectivity index (χ2v) is 4.80. The summed E-state index contributed by atoms with van der Waals surface area (Å²) in [5.41, 5.74) is 1.09. The highest BCUT2D eigenvalue weighted by molar-refractivity contribution is 6.18. The maximum atomic E-state index is 12.4. The fraction of sp³-hybridized carbons (Fsp3) is 0.429. The monoisotopic (exact) mass is 262 g/mol. The molecule has 0 bridgehead atoms. The molecule has 94 valence electrons. The van der Waals surface area contributed by atoms with E-state index in [2.05, 4.69) is 6.07 Å². The summed E-state index contributed by atoms with van der Waals surface area (Å²) in [4.78, 5) is 14.2. The van der Waals surface area contributed by atoms with Crippen molar-refractivity contribution in [2.24, 2.45) is 0 Å². The number of alkyl halides is 1. The lowest BCUT2D eigenvalue weighted by Gasteiger charge is -2.34. The first-order valence-electron chi connectivity index (χ1n) is 6.13. The van der Waals surface area contributed by atoms with Crippen LogP contribution in [0.2, 0.25) is 0 Å². The maximum Gasteiger partial charge on any atom is 0.254 e. The van der Waals surface area contributed by atoms with E-state index in [0.29, 0.717) is 17.0 Å². The van der Waals surface area contributed by atoms with Gasteiger partial charge < -0.3 is 4.90 Å². The van der Waals surface area contributed by atoms with E-state index in [0.717, 1.165) is 25.8 Å². The van der Waals surface area contributed by atoms with Crippen LogP contribution >= 0.6 is 11.6 Å². The predicted octanol–water partition coefficient (Wildman–Crippen LogP) is 2.79. The van der Waals surface area contributed by atoms with Gasteiger partial charge in [0, 0.05) is 24.0 Å². The Morgan fingerprint density at radius 3 is 3.06 bits per heavy atom. The lowest BCUT2D eigenvalue weighted by Crippen LogP contribution is -2.44. The summed E-state index contributed by atoms with van der Waals surface area (Å²) in [6.45, 7) is 0.757. The van der Waals surface area contributed by atoms with Crippen molar-refractivity contribution in [3.05, 3.63) is 35.4 Å². The summed E-state index contributed by atoms with van der Waals surface area (Å²) in [6.07, 6.45) is 3.11. The molecule has 0 N–H and O–H groups in total. The predicted molar refractivity (Wildman–Crippen MR) is 70.6 cm³/mol. The van der Waals surface area contributed by atoms with Crippen LogP contribution in [0.15, 0.2) is 24.3 Å². The van der Waals surface area contributed by atoms with Gasteiger partial charge in [-0.1, -0.05) is 6.07 Å². The molecular formula is C14H15ClN2O. The number of likely N-dealkylation sites (tertiary alicyclic amines) is 1. The number of hydrogen-bond donors (Lipinski definition) is 0. The van der Waals surface area contributed by atoms with E-state index in [9.17, 15) is 4.79 Å². The number of rotatable bonds is 2. The van der Waals surface area contributed by atoms with Crippen LogP contribution in [0.3, 0.4) is 0 Å². The Morgan fingerprint density at radius 2 is 2.33 bits per heavy atom. The fourth-order valence-electron chi connectivity index (χ4n) is 2.32. The highest BCUT2D eigenvalue weighted by atomic mass is 35.5.